The van der Waals surface area contributed by atoms with Crippen LogP contribution in [-0.2, 0) is 14.5 Å². The maximum Gasteiger partial charge on any atom is 0.474 e. The van der Waals surface area contributed by atoms with Crippen LogP contribution in [-0.4, -0.2) is 27.0 Å². The predicted molar refractivity (Wildman–Crippen MR) is 61.8 cm³/mol. The summed E-state index contributed by atoms with van der Waals surface area (Å²) in [4.78, 5) is 14.3. The summed E-state index contributed by atoms with van der Waals surface area (Å²) >= 11 is 0.617. The topological polar surface area (TPSA) is 59.4 Å². The van der Waals surface area contributed by atoms with Gasteiger partial charge in [0.05, 0.1) is 0 Å². The maximum absolute atomic E-state index is 12.7. The highest BCUT2D eigenvalue weighted by atomic mass is 32.2. The fourth-order valence-electron chi connectivity index (χ4n) is 1.05. The van der Waals surface area contributed by atoms with Crippen molar-refractivity contribution in [3.8, 4) is 0 Å². The van der Waals surface area contributed by atoms with Crippen LogP contribution in [0.5, 0.6) is 0 Å². The van der Waals surface area contributed by atoms with Crippen molar-refractivity contribution in [2.45, 2.75) is 16.9 Å². The van der Waals surface area contributed by atoms with Gasteiger partial charge < -0.3 is 0 Å². The Morgan fingerprint density at radius 1 is 1.33 bits per heavy atom. The molecule has 0 spiro atoms. The average molecular weight is 352 g/mol. The number of amides is 1. The standard InChI is InChI=1S/C9H6F6N2O2S2/c10-5(6(11)12)1-4-21(19,8-16-2-3-20-8)17-7(18)9(13,14)15/h2-3H,1,4H2. The van der Waals surface area contributed by atoms with Gasteiger partial charge in [0.1, 0.15) is 9.73 Å². The number of halogens is 6. The van der Waals surface area contributed by atoms with Crippen LogP contribution in [0.1, 0.15) is 6.42 Å². The van der Waals surface area contributed by atoms with Gasteiger partial charge in [0, 0.05) is 23.8 Å². The number of alkyl halides is 3. The number of rotatable bonds is 4. The van der Waals surface area contributed by atoms with Crippen molar-refractivity contribution in [1.29, 1.82) is 0 Å². The first-order chi connectivity index (χ1) is 9.56. The number of carbonyl (C=O) groups excluding carboxylic acids is 1. The van der Waals surface area contributed by atoms with Gasteiger partial charge >= 0.3 is 18.2 Å². The highest BCUT2D eigenvalue weighted by Gasteiger charge is 2.40. The van der Waals surface area contributed by atoms with Crippen molar-refractivity contribution in [1.82, 2.24) is 4.98 Å². The molecule has 1 aromatic heterocycles. The molecule has 0 bridgehead atoms. The summed E-state index contributed by atoms with van der Waals surface area (Å²) in [5.41, 5.74) is 0. The van der Waals surface area contributed by atoms with E-state index < -0.39 is 50.2 Å². The highest BCUT2D eigenvalue weighted by molar-refractivity contribution is 7.95. The summed E-state index contributed by atoms with van der Waals surface area (Å²) in [6.07, 6.45) is -8.11. The van der Waals surface area contributed by atoms with Crippen LogP contribution in [0.3, 0.4) is 0 Å². The number of hydrogen-bond donors (Lipinski definition) is 0. The molecular weight excluding hydrogens is 346 g/mol. The lowest BCUT2D eigenvalue weighted by Gasteiger charge is -2.07. The molecule has 0 saturated heterocycles. The molecule has 1 unspecified atom stereocenters. The monoisotopic (exact) mass is 352 g/mol. The van der Waals surface area contributed by atoms with Gasteiger partial charge in [-0.15, -0.1) is 15.7 Å². The predicted octanol–water partition coefficient (Wildman–Crippen LogP) is 3.53. The first-order valence-corrected chi connectivity index (χ1v) is 7.58. The number of thiazole rings is 1. The Labute approximate surface area is 118 Å². The minimum Gasteiger partial charge on any atom is -0.261 e. The number of allylic oxidation sites excluding steroid dienone is 1. The molecule has 0 fully saturated rings. The fraction of sp³-hybridized carbons (Fsp3) is 0.333. The van der Waals surface area contributed by atoms with Gasteiger partial charge in [0.15, 0.2) is 10.2 Å². The van der Waals surface area contributed by atoms with Crippen LogP contribution in [0.25, 0.3) is 0 Å². The van der Waals surface area contributed by atoms with E-state index in [2.05, 4.69) is 9.35 Å². The molecule has 0 radical (unpaired) electrons. The van der Waals surface area contributed by atoms with Crippen LogP contribution in [0, 0.1) is 0 Å². The van der Waals surface area contributed by atoms with E-state index >= 15 is 0 Å². The molecule has 1 aromatic rings. The van der Waals surface area contributed by atoms with E-state index in [4.69, 9.17) is 0 Å². The van der Waals surface area contributed by atoms with Crippen LogP contribution in [0.2, 0.25) is 0 Å². The summed E-state index contributed by atoms with van der Waals surface area (Å²) < 4.78 is 87.3. The Hall–Kier alpha value is -1.43. The Morgan fingerprint density at radius 3 is 2.38 bits per heavy atom. The molecule has 0 aliphatic carbocycles. The van der Waals surface area contributed by atoms with E-state index in [-0.39, 0.29) is 0 Å². The van der Waals surface area contributed by atoms with E-state index in [1.165, 1.54) is 5.38 Å². The van der Waals surface area contributed by atoms with Gasteiger partial charge in [-0.05, 0) is 0 Å². The number of carbonyl (C=O) groups is 1. The van der Waals surface area contributed by atoms with Crippen LogP contribution in [0.4, 0.5) is 26.3 Å². The van der Waals surface area contributed by atoms with Gasteiger partial charge in [-0.2, -0.15) is 22.0 Å². The van der Waals surface area contributed by atoms with Crippen molar-refractivity contribution in [2.75, 3.05) is 5.75 Å². The largest absolute Gasteiger partial charge is 0.474 e. The van der Waals surface area contributed by atoms with Crippen molar-refractivity contribution in [3.63, 3.8) is 0 Å². The number of nitrogens with zero attached hydrogens (tertiary/aromatic N) is 2. The van der Waals surface area contributed by atoms with E-state index in [0.29, 0.717) is 11.3 Å². The molecule has 1 heterocycles. The van der Waals surface area contributed by atoms with Crippen molar-refractivity contribution < 1.29 is 35.3 Å². The zero-order valence-corrected chi connectivity index (χ0v) is 11.5. The third kappa shape index (κ3) is 4.81. The molecule has 0 aliphatic heterocycles. The van der Waals surface area contributed by atoms with Gasteiger partial charge in [-0.1, -0.05) is 0 Å². The summed E-state index contributed by atoms with van der Waals surface area (Å²) in [5.74, 6) is -5.60. The SMILES string of the molecule is O=C(N=S(=O)(CCC(F)=C(F)F)c1nccs1)C(F)(F)F. The Balaban J connectivity index is 3.21. The number of hydrogen-bond acceptors (Lipinski definition) is 4. The van der Waals surface area contributed by atoms with E-state index in [9.17, 15) is 35.3 Å². The molecule has 0 N–H and O–H groups in total. The van der Waals surface area contributed by atoms with Crippen molar-refractivity contribution in [2.24, 2.45) is 4.36 Å². The summed E-state index contributed by atoms with van der Waals surface area (Å²) in [5, 5.41) is 1.24. The molecule has 21 heavy (non-hydrogen) atoms. The second-order valence-corrected chi connectivity index (χ2v) is 6.86. The van der Waals surface area contributed by atoms with Crippen LogP contribution < -0.4 is 0 Å². The summed E-state index contributed by atoms with van der Waals surface area (Å²) in [6.45, 7) is 0. The van der Waals surface area contributed by atoms with E-state index in [0.717, 1.165) is 6.20 Å². The first kappa shape index (κ1) is 17.6. The smallest absolute Gasteiger partial charge is 0.261 e. The zero-order valence-electron chi connectivity index (χ0n) is 9.86. The molecule has 0 aliphatic rings. The molecule has 12 heteroatoms. The third-order valence-corrected chi connectivity index (χ3v) is 5.46. The van der Waals surface area contributed by atoms with E-state index in [1.54, 1.807) is 0 Å². The fourth-order valence-corrected chi connectivity index (χ4v) is 3.93. The lowest BCUT2D eigenvalue weighted by atomic mass is 10.4. The maximum atomic E-state index is 12.7. The normalized spacial score (nSPS) is 14.4. The molecule has 1 rings (SSSR count). The van der Waals surface area contributed by atoms with Crippen LogP contribution >= 0.6 is 11.3 Å². The lowest BCUT2D eigenvalue weighted by Crippen LogP contribution is -2.23. The molecule has 118 valence electrons. The molecule has 4 nitrogen and oxygen atoms in total. The van der Waals surface area contributed by atoms with Crippen molar-refractivity contribution >= 4 is 27.0 Å². The van der Waals surface area contributed by atoms with Gasteiger partial charge in [-0.25, -0.2) is 13.6 Å². The Bertz CT molecular complexity index is 654. The molecule has 1 atom stereocenters. The molecule has 0 aromatic carbocycles. The lowest BCUT2D eigenvalue weighted by molar-refractivity contribution is -0.169. The Kier molecular flexibility index (Phi) is 5.50. The number of aromatic nitrogens is 1. The molecular formula is C9H6F6N2O2S2. The molecule has 1 amide bonds. The highest BCUT2D eigenvalue weighted by Crippen LogP contribution is 2.24. The van der Waals surface area contributed by atoms with Gasteiger partial charge in [0.25, 0.3) is 0 Å². The quantitative estimate of drug-likeness (QED) is 0.779. The first-order valence-electron chi connectivity index (χ1n) is 5.01. The minimum absolute atomic E-state index is 0.466. The summed E-state index contributed by atoms with van der Waals surface area (Å²) in [6, 6.07) is 0. The Morgan fingerprint density at radius 2 is 1.95 bits per heavy atom. The third-order valence-electron chi connectivity index (χ3n) is 1.96. The van der Waals surface area contributed by atoms with Crippen molar-refractivity contribution in [3.05, 3.63) is 23.5 Å². The summed E-state index contributed by atoms with van der Waals surface area (Å²) in [7, 11) is -4.08. The second kappa shape index (κ2) is 6.56. The van der Waals surface area contributed by atoms with Gasteiger partial charge in [-0.3, -0.25) is 4.79 Å². The average Bonchev–Trinajstić information content (AvgIpc) is 2.89. The zero-order chi connectivity index (χ0) is 16.3. The molecule has 0 saturated carbocycles. The van der Waals surface area contributed by atoms with Gasteiger partial charge in [0.2, 0.25) is 0 Å². The second-order valence-electron chi connectivity index (χ2n) is 3.45. The van der Waals surface area contributed by atoms with Crippen LogP contribution in [0.15, 0.2) is 32.2 Å². The minimum atomic E-state index is -5.38. The van der Waals surface area contributed by atoms with E-state index in [1.807, 2.05) is 0 Å².